The van der Waals surface area contributed by atoms with Crippen LogP contribution in [0.3, 0.4) is 0 Å². The van der Waals surface area contributed by atoms with Gasteiger partial charge in [-0.1, -0.05) is 37.3 Å². The van der Waals surface area contributed by atoms with Crippen molar-refractivity contribution in [2.24, 2.45) is 0 Å². The van der Waals surface area contributed by atoms with Crippen LogP contribution in [0.15, 0.2) is 48.5 Å². The standard InChI is InChI=1S/C21H25N3O3/c1-4-16(17-8-6-5-7-9-17)13-22-21(27)18-10-19(23-14(2)25)12-20(11-18)24-15(3)26/h5-12,16H,4,13H2,1-3H3,(H,22,27)(H,23,25)(H,24,26)/t16-/m0/s1. The van der Waals surface area contributed by atoms with Crippen molar-refractivity contribution in [2.75, 3.05) is 17.2 Å². The van der Waals surface area contributed by atoms with Crippen LogP contribution in [-0.2, 0) is 9.59 Å². The second-order valence-electron chi connectivity index (χ2n) is 6.39. The monoisotopic (exact) mass is 367 g/mol. The number of amides is 3. The van der Waals surface area contributed by atoms with Crippen molar-refractivity contribution in [1.82, 2.24) is 5.32 Å². The summed E-state index contributed by atoms with van der Waals surface area (Å²) in [7, 11) is 0. The summed E-state index contributed by atoms with van der Waals surface area (Å²) >= 11 is 0. The lowest BCUT2D eigenvalue weighted by molar-refractivity contribution is -0.115. The molecule has 0 fully saturated rings. The number of benzene rings is 2. The molecule has 0 heterocycles. The molecule has 2 rings (SSSR count). The average molecular weight is 367 g/mol. The summed E-state index contributed by atoms with van der Waals surface area (Å²) in [6.45, 7) is 5.35. The van der Waals surface area contributed by atoms with Gasteiger partial charge in [-0.15, -0.1) is 0 Å². The number of carbonyl (C=O) groups is 3. The van der Waals surface area contributed by atoms with Crippen molar-refractivity contribution in [3.63, 3.8) is 0 Å². The maximum absolute atomic E-state index is 12.6. The van der Waals surface area contributed by atoms with Gasteiger partial charge in [-0.3, -0.25) is 14.4 Å². The smallest absolute Gasteiger partial charge is 0.251 e. The van der Waals surface area contributed by atoms with Gasteiger partial charge in [0.25, 0.3) is 5.91 Å². The highest BCUT2D eigenvalue weighted by atomic mass is 16.2. The maximum Gasteiger partial charge on any atom is 0.251 e. The molecule has 142 valence electrons. The second kappa shape index (κ2) is 9.52. The molecule has 27 heavy (non-hydrogen) atoms. The van der Waals surface area contributed by atoms with Crippen LogP contribution >= 0.6 is 0 Å². The third-order valence-electron chi connectivity index (χ3n) is 4.11. The molecule has 3 N–H and O–H groups in total. The SMILES string of the molecule is CC[C@@H](CNC(=O)c1cc(NC(C)=O)cc(NC(C)=O)c1)c1ccccc1. The fraction of sp³-hybridized carbons (Fsp3) is 0.286. The Bertz CT molecular complexity index is 784. The topological polar surface area (TPSA) is 87.3 Å². The first-order valence-electron chi connectivity index (χ1n) is 8.92. The largest absolute Gasteiger partial charge is 0.351 e. The minimum atomic E-state index is -0.261. The lowest BCUT2D eigenvalue weighted by Gasteiger charge is -2.17. The molecule has 2 aromatic rings. The lowest BCUT2D eigenvalue weighted by atomic mass is 9.96. The van der Waals surface area contributed by atoms with Crippen molar-refractivity contribution in [3.05, 3.63) is 59.7 Å². The van der Waals surface area contributed by atoms with E-state index in [4.69, 9.17) is 0 Å². The molecule has 0 aliphatic heterocycles. The van der Waals surface area contributed by atoms with Gasteiger partial charge in [-0.25, -0.2) is 0 Å². The lowest BCUT2D eigenvalue weighted by Crippen LogP contribution is -2.28. The molecule has 0 spiro atoms. The molecule has 1 atom stereocenters. The number of nitrogens with one attached hydrogen (secondary N) is 3. The van der Waals surface area contributed by atoms with Crippen LogP contribution in [0.2, 0.25) is 0 Å². The fourth-order valence-electron chi connectivity index (χ4n) is 2.85. The summed E-state index contributed by atoms with van der Waals surface area (Å²) in [4.78, 5) is 35.3. The molecular formula is C21H25N3O3. The minimum Gasteiger partial charge on any atom is -0.351 e. The average Bonchev–Trinajstić information content (AvgIpc) is 2.61. The number of rotatable bonds is 7. The summed E-state index contributed by atoms with van der Waals surface area (Å²) in [6, 6.07) is 14.8. The summed E-state index contributed by atoms with van der Waals surface area (Å²) in [5.41, 5.74) is 2.45. The molecular weight excluding hydrogens is 342 g/mol. The van der Waals surface area contributed by atoms with Crippen molar-refractivity contribution in [2.45, 2.75) is 33.1 Å². The van der Waals surface area contributed by atoms with Crippen LogP contribution in [0, 0.1) is 0 Å². The van der Waals surface area contributed by atoms with Crippen LogP contribution in [0.4, 0.5) is 11.4 Å². The predicted octanol–water partition coefficient (Wildman–Crippen LogP) is 3.53. The van der Waals surface area contributed by atoms with E-state index in [1.54, 1.807) is 18.2 Å². The molecule has 3 amide bonds. The third-order valence-corrected chi connectivity index (χ3v) is 4.11. The number of hydrogen-bond acceptors (Lipinski definition) is 3. The van der Waals surface area contributed by atoms with Crippen LogP contribution in [0.1, 0.15) is 49.0 Å². The number of carbonyl (C=O) groups excluding carboxylic acids is 3. The highest BCUT2D eigenvalue weighted by Crippen LogP contribution is 2.21. The molecule has 0 saturated carbocycles. The first-order valence-corrected chi connectivity index (χ1v) is 8.92. The van der Waals surface area contributed by atoms with E-state index >= 15 is 0 Å². The molecule has 2 aromatic carbocycles. The summed E-state index contributed by atoms with van der Waals surface area (Å²) in [6.07, 6.45) is 0.896. The van der Waals surface area contributed by atoms with Gasteiger partial charge in [0.2, 0.25) is 11.8 Å². The van der Waals surface area contributed by atoms with Crippen molar-refractivity contribution in [3.8, 4) is 0 Å². The Morgan fingerprint density at radius 1 is 0.889 bits per heavy atom. The van der Waals surface area contributed by atoms with Crippen LogP contribution < -0.4 is 16.0 Å². The van der Waals surface area contributed by atoms with Crippen molar-refractivity contribution in [1.29, 1.82) is 0 Å². The van der Waals surface area contributed by atoms with Gasteiger partial charge in [-0.2, -0.15) is 0 Å². The molecule has 0 aliphatic rings. The minimum absolute atomic E-state index is 0.212. The van der Waals surface area contributed by atoms with Crippen molar-refractivity contribution >= 4 is 29.1 Å². The van der Waals surface area contributed by atoms with E-state index in [9.17, 15) is 14.4 Å². The van der Waals surface area contributed by atoms with Gasteiger partial charge in [0.1, 0.15) is 0 Å². The van der Waals surface area contributed by atoms with Gasteiger partial charge in [0.15, 0.2) is 0 Å². The van der Waals surface area contributed by atoms with E-state index in [0.29, 0.717) is 23.5 Å². The van der Waals surface area contributed by atoms with Crippen LogP contribution in [0.5, 0.6) is 0 Å². The van der Waals surface area contributed by atoms with Crippen LogP contribution in [-0.4, -0.2) is 24.3 Å². The Labute approximate surface area is 159 Å². The van der Waals surface area contributed by atoms with E-state index in [1.807, 2.05) is 30.3 Å². The molecule has 6 heteroatoms. The molecule has 0 unspecified atom stereocenters. The number of anilines is 2. The van der Waals surface area contributed by atoms with Gasteiger partial charge in [-0.05, 0) is 30.2 Å². The van der Waals surface area contributed by atoms with E-state index in [1.165, 1.54) is 19.4 Å². The highest BCUT2D eigenvalue weighted by Gasteiger charge is 2.14. The normalized spacial score (nSPS) is 11.4. The Kier molecular flexibility index (Phi) is 7.11. The Morgan fingerprint density at radius 2 is 1.44 bits per heavy atom. The van der Waals surface area contributed by atoms with Gasteiger partial charge in [0, 0.05) is 43.2 Å². The predicted molar refractivity (Wildman–Crippen MR) is 107 cm³/mol. The summed E-state index contributed by atoms with van der Waals surface area (Å²) < 4.78 is 0. The maximum atomic E-state index is 12.6. The van der Waals surface area contributed by atoms with E-state index in [-0.39, 0.29) is 23.6 Å². The Morgan fingerprint density at radius 3 is 1.93 bits per heavy atom. The molecule has 0 radical (unpaired) electrons. The molecule has 0 saturated heterocycles. The summed E-state index contributed by atoms with van der Waals surface area (Å²) in [5, 5.41) is 8.24. The third kappa shape index (κ3) is 6.26. The zero-order valence-corrected chi connectivity index (χ0v) is 15.8. The zero-order valence-electron chi connectivity index (χ0n) is 15.8. The second-order valence-corrected chi connectivity index (χ2v) is 6.39. The Hall–Kier alpha value is -3.15. The fourth-order valence-corrected chi connectivity index (χ4v) is 2.85. The van der Waals surface area contributed by atoms with Gasteiger partial charge < -0.3 is 16.0 Å². The Balaban J connectivity index is 2.16. The summed E-state index contributed by atoms with van der Waals surface area (Å²) in [5.74, 6) is -0.556. The molecule has 0 aromatic heterocycles. The first kappa shape index (κ1) is 20.2. The molecule has 0 bridgehead atoms. The number of hydrogen-bond donors (Lipinski definition) is 3. The highest BCUT2D eigenvalue weighted by molar-refractivity contribution is 5.99. The quantitative estimate of drug-likeness (QED) is 0.700. The van der Waals surface area contributed by atoms with E-state index < -0.39 is 0 Å². The van der Waals surface area contributed by atoms with Gasteiger partial charge in [0.05, 0.1) is 0 Å². The van der Waals surface area contributed by atoms with E-state index in [0.717, 1.165) is 6.42 Å². The molecule has 0 aliphatic carbocycles. The van der Waals surface area contributed by atoms with Gasteiger partial charge >= 0.3 is 0 Å². The van der Waals surface area contributed by atoms with Crippen molar-refractivity contribution < 1.29 is 14.4 Å². The zero-order chi connectivity index (χ0) is 19.8. The van der Waals surface area contributed by atoms with Crippen LogP contribution in [0.25, 0.3) is 0 Å². The molecule has 6 nitrogen and oxygen atoms in total. The first-order chi connectivity index (χ1) is 12.9. The van der Waals surface area contributed by atoms with E-state index in [2.05, 4.69) is 22.9 Å².